The van der Waals surface area contributed by atoms with Crippen molar-refractivity contribution in [2.45, 2.75) is 0 Å². The Hall–Kier alpha value is -3.38. The van der Waals surface area contributed by atoms with Gasteiger partial charge in [-0.05, 0) is 30.3 Å². The van der Waals surface area contributed by atoms with Crippen LogP contribution in [0.5, 0.6) is 5.75 Å². The van der Waals surface area contributed by atoms with Crippen molar-refractivity contribution in [3.05, 3.63) is 72.0 Å². The lowest BCUT2D eigenvalue weighted by Crippen LogP contribution is -1.97. The van der Waals surface area contributed by atoms with E-state index in [1.165, 1.54) is 0 Å². The van der Waals surface area contributed by atoms with Crippen molar-refractivity contribution < 1.29 is 4.74 Å². The van der Waals surface area contributed by atoms with Crippen LogP contribution in [0.15, 0.2) is 67.0 Å². The van der Waals surface area contributed by atoms with E-state index in [9.17, 15) is 0 Å². The monoisotopic (exact) mass is 377 g/mol. The van der Waals surface area contributed by atoms with Crippen molar-refractivity contribution in [3.8, 4) is 28.3 Å². The molecule has 2 heterocycles. The number of hydrogen-bond acceptors (Lipinski definition) is 5. The van der Waals surface area contributed by atoms with Gasteiger partial charge in [0, 0.05) is 23.0 Å². The van der Waals surface area contributed by atoms with E-state index in [2.05, 4.69) is 25.5 Å². The van der Waals surface area contributed by atoms with Gasteiger partial charge in [0.15, 0.2) is 0 Å². The van der Waals surface area contributed by atoms with Crippen molar-refractivity contribution in [2.24, 2.45) is 0 Å². The summed E-state index contributed by atoms with van der Waals surface area (Å²) in [6.45, 7) is 0. The molecular weight excluding hydrogens is 362 g/mol. The maximum absolute atomic E-state index is 6.13. The number of anilines is 2. The molecule has 134 valence electrons. The molecule has 0 amide bonds. The number of hydrogen-bond donors (Lipinski definition) is 2. The zero-order valence-electron chi connectivity index (χ0n) is 14.5. The van der Waals surface area contributed by atoms with E-state index >= 15 is 0 Å². The molecule has 0 bridgehead atoms. The minimum Gasteiger partial charge on any atom is -0.495 e. The fraction of sp³-hybridized carbons (Fsp3) is 0.0500. The first-order chi connectivity index (χ1) is 13.2. The smallest absolute Gasteiger partial charge is 0.227 e. The van der Waals surface area contributed by atoms with E-state index in [1.54, 1.807) is 25.6 Å². The second-order valence-corrected chi connectivity index (χ2v) is 6.17. The predicted molar refractivity (Wildman–Crippen MR) is 106 cm³/mol. The van der Waals surface area contributed by atoms with Crippen molar-refractivity contribution >= 4 is 23.2 Å². The van der Waals surface area contributed by atoms with E-state index in [4.69, 9.17) is 16.3 Å². The fourth-order valence-electron chi connectivity index (χ4n) is 2.74. The van der Waals surface area contributed by atoms with Crippen LogP contribution in [-0.2, 0) is 0 Å². The second kappa shape index (κ2) is 7.47. The zero-order valence-corrected chi connectivity index (χ0v) is 15.2. The third-order valence-electron chi connectivity index (χ3n) is 4.04. The first-order valence-electron chi connectivity index (χ1n) is 8.27. The van der Waals surface area contributed by atoms with Crippen LogP contribution in [0.2, 0.25) is 5.02 Å². The molecule has 6 nitrogen and oxygen atoms in total. The maximum Gasteiger partial charge on any atom is 0.227 e. The summed E-state index contributed by atoms with van der Waals surface area (Å²) in [5, 5.41) is 11.0. The summed E-state index contributed by atoms with van der Waals surface area (Å²) in [7, 11) is 1.59. The molecule has 0 fully saturated rings. The first kappa shape index (κ1) is 17.1. The number of nitrogens with zero attached hydrogens (tertiary/aromatic N) is 3. The number of aromatic amines is 1. The Bertz CT molecular complexity index is 1060. The van der Waals surface area contributed by atoms with Gasteiger partial charge in [-0.3, -0.25) is 5.10 Å². The van der Waals surface area contributed by atoms with Gasteiger partial charge in [0.25, 0.3) is 0 Å². The standard InChI is InChI=1S/C20H16ClN5O/c1-27-18-11-13(7-8-16(18)21)19-15(12-23-26-19)17-9-10-22-20(25-17)24-14-5-3-2-4-6-14/h2-12H,1H3,(H,23,26)(H,22,24,25). The average Bonchev–Trinajstić information content (AvgIpc) is 3.19. The summed E-state index contributed by atoms with van der Waals surface area (Å²) in [6, 6.07) is 17.2. The zero-order chi connectivity index (χ0) is 18.6. The Morgan fingerprint density at radius 2 is 1.93 bits per heavy atom. The number of H-pyrrole nitrogens is 1. The van der Waals surface area contributed by atoms with Gasteiger partial charge < -0.3 is 10.1 Å². The van der Waals surface area contributed by atoms with Gasteiger partial charge in [-0.2, -0.15) is 5.10 Å². The van der Waals surface area contributed by atoms with Gasteiger partial charge in [0.1, 0.15) is 5.75 Å². The Morgan fingerprint density at radius 3 is 2.74 bits per heavy atom. The number of benzene rings is 2. The average molecular weight is 378 g/mol. The number of ether oxygens (including phenoxy) is 1. The number of rotatable bonds is 5. The third-order valence-corrected chi connectivity index (χ3v) is 4.35. The molecular formula is C20H16ClN5O. The number of halogens is 1. The van der Waals surface area contributed by atoms with Crippen LogP contribution < -0.4 is 10.1 Å². The Labute approximate surface area is 161 Å². The highest BCUT2D eigenvalue weighted by atomic mass is 35.5. The molecule has 4 rings (SSSR count). The van der Waals surface area contributed by atoms with Crippen LogP contribution in [0.1, 0.15) is 0 Å². The molecule has 0 aliphatic rings. The number of nitrogens with one attached hydrogen (secondary N) is 2. The Balaban J connectivity index is 1.69. The molecule has 2 aromatic heterocycles. The summed E-state index contributed by atoms with van der Waals surface area (Å²) in [6.07, 6.45) is 3.46. The van der Waals surface area contributed by atoms with E-state index in [0.29, 0.717) is 16.7 Å². The molecule has 2 aromatic carbocycles. The van der Waals surface area contributed by atoms with Crippen LogP contribution in [-0.4, -0.2) is 27.3 Å². The normalized spacial score (nSPS) is 10.6. The highest BCUT2D eigenvalue weighted by Crippen LogP contribution is 2.34. The lowest BCUT2D eigenvalue weighted by Gasteiger charge is -2.08. The Kier molecular flexibility index (Phi) is 4.72. The first-order valence-corrected chi connectivity index (χ1v) is 8.65. The summed E-state index contributed by atoms with van der Waals surface area (Å²) >= 11 is 6.13. The summed E-state index contributed by atoms with van der Waals surface area (Å²) in [5.74, 6) is 1.11. The molecule has 0 spiro atoms. The molecule has 2 N–H and O–H groups in total. The minimum atomic E-state index is 0.513. The van der Waals surface area contributed by atoms with Crippen molar-refractivity contribution in [1.82, 2.24) is 20.2 Å². The molecule has 0 radical (unpaired) electrons. The number of aromatic nitrogens is 4. The highest BCUT2D eigenvalue weighted by Gasteiger charge is 2.14. The summed E-state index contributed by atoms with van der Waals surface area (Å²) in [4.78, 5) is 8.91. The molecule has 0 saturated heterocycles. The molecule has 0 aliphatic carbocycles. The topological polar surface area (TPSA) is 75.7 Å². The van der Waals surface area contributed by atoms with Gasteiger partial charge in [-0.25, -0.2) is 9.97 Å². The predicted octanol–water partition coefficient (Wildman–Crippen LogP) is 4.94. The minimum absolute atomic E-state index is 0.513. The van der Waals surface area contributed by atoms with E-state index in [0.717, 1.165) is 28.2 Å². The molecule has 0 aliphatic heterocycles. The van der Waals surface area contributed by atoms with Gasteiger partial charge in [0.05, 0.1) is 29.7 Å². The highest BCUT2D eigenvalue weighted by molar-refractivity contribution is 6.32. The maximum atomic E-state index is 6.13. The lowest BCUT2D eigenvalue weighted by molar-refractivity contribution is 0.415. The second-order valence-electron chi connectivity index (χ2n) is 5.76. The van der Waals surface area contributed by atoms with E-state index in [1.807, 2.05) is 48.5 Å². The number of para-hydroxylation sites is 1. The van der Waals surface area contributed by atoms with Crippen molar-refractivity contribution in [1.29, 1.82) is 0 Å². The Morgan fingerprint density at radius 1 is 1.07 bits per heavy atom. The molecule has 4 aromatic rings. The van der Waals surface area contributed by atoms with Crippen LogP contribution >= 0.6 is 11.6 Å². The largest absolute Gasteiger partial charge is 0.495 e. The summed E-state index contributed by atoms with van der Waals surface area (Å²) < 4.78 is 5.31. The van der Waals surface area contributed by atoms with E-state index < -0.39 is 0 Å². The summed E-state index contributed by atoms with van der Waals surface area (Å²) in [5.41, 5.74) is 4.26. The fourth-order valence-corrected chi connectivity index (χ4v) is 2.93. The van der Waals surface area contributed by atoms with Gasteiger partial charge >= 0.3 is 0 Å². The number of methoxy groups -OCH3 is 1. The van der Waals surface area contributed by atoms with Gasteiger partial charge in [0.2, 0.25) is 5.95 Å². The lowest BCUT2D eigenvalue weighted by atomic mass is 10.1. The molecule has 7 heteroatoms. The molecule has 0 unspecified atom stereocenters. The molecule has 0 saturated carbocycles. The van der Waals surface area contributed by atoms with Crippen molar-refractivity contribution in [2.75, 3.05) is 12.4 Å². The SMILES string of the molecule is COc1cc(-c2[nH]ncc2-c2ccnc(Nc3ccccc3)n2)ccc1Cl. The van der Waals surface area contributed by atoms with Crippen LogP contribution in [0, 0.1) is 0 Å². The molecule has 0 atom stereocenters. The van der Waals surface area contributed by atoms with E-state index in [-0.39, 0.29) is 0 Å². The van der Waals surface area contributed by atoms with Gasteiger partial charge in [-0.15, -0.1) is 0 Å². The van der Waals surface area contributed by atoms with Crippen LogP contribution in [0.3, 0.4) is 0 Å². The van der Waals surface area contributed by atoms with Crippen LogP contribution in [0.4, 0.5) is 11.6 Å². The quantitative estimate of drug-likeness (QED) is 0.515. The van der Waals surface area contributed by atoms with Crippen LogP contribution in [0.25, 0.3) is 22.5 Å². The third kappa shape index (κ3) is 3.61. The molecule has 27 heavy (non-hydrogen) atoms. The van der Waals surface area contributed by atoms with Gasteiger partial charge in [-0.1, -0.05) is 35.9 Å². The van der Waals surface area contributed by atoms with Crippen molar-refractivity contribution in [3.63, 3.8) is 0 Å².